The minimum Gasteiger partial charge on any atom is -0.493 e. The SMILES string of the molecule is COc1ccc(-c2ccc(N3CCN(C(=O)CN(C(=O)C4CCC4)C(C)c4ccccc4)CC3)nn2)cc1OC. The van der Waals surface area contributed by atoms with Crippen LogP contribution in [0.4, 0.5) is 5.82 Å². The number of piperazine rings is 1. The first-order valence-corrected chi connectivity index (χ1v) is 13.9. The molecule has 210 valence electrons. The number of ether oxygens (including phenoxy) is 2. The maximum atomic E-state index is 13.4. The molecule has 1 aromatic heterocycles. The van der Waals surface area contributed by atoms with Gasteiger partial charge in [-0.15, -0.1) is 10.2 Å². The largest absolute Gasteiger partial charge is 0.493 e. The van der Waals surface area contributed by atoms with Gasteiger partial charge in [-0.2, -0.15) is 0 Å². The Kier molecular flexibility index (Phi) is 8.48. The smallest absolute Gasteiger partial charge is 0.242 e. The number of hydrogen-bond donors (Lipinski definition) is 0. The van der Waals surface area contributed by atoms with Gasteiger partial charge in [0.15, 0.2) is 17.3 Å². The molecule has 1 aliphatic carbocycles. The highest BCUT2D eigenvalue weighted by molar-refractivity contribution is 5.87. The summed E-state index contributed by atoms with van der Waals surface area (Å²) >= 11 is 0. The highest BCUT2D eigenvalue weighted by atomic mass is 16.5. The third-order valence-electron chi connectivity index (χ3n) is 8.08. The number of nitrogens with zero attached hydrogens (tertiary/aromatic N) is 5. The van der Waals surface area contributed by atoms with Crippen molar-refractivity contribution in [2.24, 2.45) is 5.92 Å². The first kappa shape index (κ1) is 27.4. The van der Waals surface area contributed by atoms with Gasteiger partial charge in [0.1, 0.15) is 6.54 Å². The van der Waals surface area contributed by atoms with E-state index in [9.17, 15) is 9.59 Å². The monoisotopic (exact) mass is 543 g/mol. The number of carbonyl (C=O) groups is 2. The van der Waals surface area contributed by atoms with E-state index in [1.807, 2.05) is 72.5 Å². The Bertz CT molecular complexity index is 1310. The van der Waals surface area contributed by atoms with Crippen LogP contribution in [0.25, 0.3) is 11.3 Å². The molecule has 2 aromatic carbocycles. The van der Waals surface area contributed by atoms with Crippen molar-refractivity contribution >= 4 is 17.6 Å². The standard InChI is InChI=1S/C31H37N5O4/c1-22(23-8-5-4-6-9-23)36(31(38)24-10-7-11-24)21-30(37)35-18-16-34(17-19-35)29-15-13-26(32-33-29)25-12-14-27(39-2)28(20-25)40-3/h4-6,8-9,12-15,20,22,24H,7,10-11,16-19,21H2,1-3H3. The first-order chi connectivity index (χ1) is 19.5. The fourth-order valence-electron chi connectivity index (χ4n) is 5.28. The second-order valence-electron chi connectivity index (χ2n) is 10.4. The molecule has 3 aromatic rings. The van der Waals surface area contributed by atoms with Gasteiger partial charge in [0.05, 0.1) is 26.0 Å². The molecular formula is C31H37N5O4. The molecule has 9 nitrogen and oxygen atoms in total. The second kappa shape index (κ2) is 12.4. The average Bonchev–Trinajstić information content (AvgIpc) is 2.98. The normalized spacial score (nSPS) is 16.2. The van der Waals surface area contributed by atoms with Gasteiger partial charge in [-0.1, -0.05) is 36.8 Å². The predicted octanol–water partition coefficient (Wildman–Crippen LogP) is 4.20. The predicted molar refractivity (Wildman–Crippen MR) is 153 cm³/mol. The van der Waals surface area contributed by atoms with Gasteiger partial charge < -0.3 is 24.2 Å². The molecule has 2 amide bonds. The maximum absolute atomic E-state index is 13.4. The highest BCUT2D eigenvalue weighted by Gasteiger charge is 2.34. The van der Waals surface area contributed by atoms with Crippen molar-refractivity contribution in [2.45, 2.75) is 32.2 Å². The fraction of sp³-hybridized carbons (Fsp3) is 0.419. The topological polar surface area (TPSA) is 88.1 Å². The Balaban J connectivity index is 1.20. The Labute approximate surface area is 235 Å². The van der Waals surface area contributed by atoms with E-state index in [1.165, 1.54) is 0 Å². The number of carbonyl (C=O) groups excluding carboxylic acids is 2. The molecule has 1 saturated carbocycles. The van der Waals surface area contributed by atoms with Crippen LogP contribution in [0.5, 0.6) is 11.5 Å². The van der Waals surface area contributed by atoms with Crippen molar-refractivity contribution < 1.29 is 19.1 Å². The summed E-state index contributed by atoms with van der Waals surface area (Å²) in [5, 5.41) is 8.89. The molecule has 0 spiro atoms. The lowest BCUT2D eigenvalue weighted by molar-refractivity contribution is -0.147. The lowest BCUT2D eigenvalue weighted by Gasteiger charge is -2.39. The Hall–Kier alpha value is -4.14. The van der Waals surface area contributed by atoms with Crippen molar-refractivity contribution in [3.63, 3.8) is 0 Å². The van der Waals surface area contributed by atoms with E-state index < -0.39 is 0 Å². The van der Waals surface area contributed by atoms with E-state index >= 15 is 0 Å². The molecule has 1 unspecified atom stereocenters. The lowest BCUT2D eigenvalue weighted by Crippen LogP contribution is -2.53. The fourth-order valence-corrected chi connectivity index (χ4v) is 5.28. The third-order valence-corrected chi connectivity index (χ3v) is 8.08. The molecule has 1 aliphatic heterocycles. The molecule has 2 heterocycles. The molecule has 0 bridgehead atoms. The summed E-state index contributed by atoms with van der Waals surface area (Å²) < 4.78 is 10.7. The minimum absolute atomic E-state index is 0.00927. The summed E-state index contributed by atoms with van der Waals surface area (Å²) in [6.07, 6.45) is 2.91. The van der Waals surface area contributed by atoms with Gasteiger partial charge in [0.25, 0.3) is 0 Å². The van der Waals surface area contributed by atoms with Crippen molar-refractivity contribution in [3.05, 3.63) is 66.2 Å². The molecule has 9 heteroatoms. The van der Waals surface area contributed by atoms with E-state index in [-0.39, 0.29) is 30.3 Å². The average molecular weight is 544 g/mol. The van der Waals surface area contributed by atoms with E-state index in [0.29, 0.717) is 37.7 Å². The molecule has 0 N–H and O–H groups in total. The number of rotatable bonds is 9. The first-order valence-electron chi connectivity index (χ1n) is 13.9. The van der Waals surface area contributed by atoms with Crippen LogP contribution in [-0.2, 0) is 9.59 Å². The van der Waals surface area contributed by atoms with Gasteiger partial charge in [0, 0.05) is 37.7 Å². The molecule has 1 saturated heterocycles. The number of hydrogen-bond acceptors (Lipinski definition) is 7. The summed E-state index contributed by atoms with van der Waals surface area (Å²) in [6.45, 7) is 4.57. The van der Waals surface area contributed by atoms with Crippen molar-refractivity contribution in [3.8, 4) is 22.8 Å². The number of benzene rings is 2. The van der Waals surface area contributed by atoms with Gasteiger partial charge in [-0.3, -0.25) is 9.59 Å². The summed E-state index contributed by atoms with van der Waals surface area (Å²) in [4.78, 5) is 32.5. The van der Waals surface area contributed by atoms with Crippen LogP contribution >= 0.6 is 0 Å². The number of methoxy groups -OCH3 is 2. The molecule has 5 rings (SSSR count). The van der Waals surface area contributed by atoms with Crippen LogP contribution < -0.4 is 14.4 Å². The molecular weight excluding hydrogens is 506 g/mol. The third kappa shape index (κ3) is 5.88. The van der Waals surface area contributed by atoms with E-state index in [1.54, 1.807) is 19.1 Å². The summed E-state index contributed by atoms with van der Waals surface area (Å²) in [6, 6.07) is 19.3. The summed E-state index contributed by atoms with van der Waals surface area (Å²) in [5.74, 6) is 2.20. The highest BCUT2D eigenvalue weighted by Crippen LogP contribution is 2.33. The maximum Gasteiger partial charge on any atom is 0.242 e. The lowest BCUT2D eigenvalue weighted by atomic mass is 9.84. The van der Waals surface area contributed by atoms with Crippen LogP contribution in [-0.4, -0.2) is 78.8 Å². The van der Waals surface area contributed by atoms with Crippen LogP contribution in [0, 0.1) is 5.92 Å². The van der Waals surface area contributed by atoms with E-state index in [0.717, 1.165) is 41.9 Å². The molecule has 40 heavy (non-hydrogen) atoms. The van der Waals surface area contributed by atoms with Crippen molar-refractivity contribution in [2.75, 3.05) is 51.8 Å². The Morgan fingerprint density at radius 1 is 0.925 bits per heavy atom. The Morgan fingerprint density at radius 3 is 2.25 bits per heavy atom. The number of anilines is 1. The van der Waals surface area contributed by atoms with Gasteiger partial charge >= 0.3 is 0 Å². The number of amides is 2. The van der Waals surface area contributed by atoms with E-state index in [4.69, 9.17) is 9.47 Å². The molecule has 0 radical (unpaired) electrons. The van der Waals surface area contributed by atoms with Crippen LogP contribution in [0.3, 0.4) is 0 Å². The molecule has 2 aliphatic rings. The van der Waals surface area contributed by atoms with Crippen LogP contribution in [0.1, 0.15) is 37.8 Å². The van der Waals surface area contributed by atoms with Gasteiger partial charge in [-0.05, 0) is 55.7 Å². The quantitative estimate of drug-likeness (QED) is 0.400. The zero-order valence-corrected chi connectivity index (χ0v) is 23.5. The molecule has 2 fully saturated rings. The zero-order chi connectivity index (χ0) is 28.1. The minimum atomic E-state index is -0.154. The van der Waals surface area contributed by atoms with Crippen molar-refractivity contribution in [1.29, 1.82) is 0 Å². The van der Waals surface area contributed by atoms with Gasteiger partial charge in [0.2, 0.25) is 11.8 Å². The Morgan fingerprint density at radius 2 is 1.65 bits per heavy atom. The van der Waals surface area contributed by atoms with E-state index in [2.05, 4.69) is 15.1 Å². The number of aromatic nitrogens is 2. The van der Waals surface area contributed by atoms with Crippen LogP contribution in [0.15, 0.2) is 60.7 Å². The van der Waals surface area contributed by atoms with Gasteiger partial charge in [-0.25, -0.2) is 0 Å². The van der Waals surface area contributed by atoms with Crippen molar-refractivity contribution in [1.82, 2.24) is 20.0 Å². The van der Waals surface area contributed by atoms with Crippen LogP contribution in [0.2, 0.25) is 0 Å². The zero-order valence-electron chi connectivity index (χ0n) is 23.5. The summed E-state index contributed by atoms with van der Waals surface area (Å²) in [7, 11) is 3.21. The summed E-state index contributed by atoms with van der Waals surface area (Å²) in [5.41, 5.74) is 2.67. The molecule has 1 atom stereocenters. The second-order valence-corrected chi connectivity index (χ2v) is 10.4.